The summed E-state index contributed by atoms with van der Waals surface area (Å²) in [7, 11) is -2.85. The quantitative estimate of drug-likeness (QED) is 0.826. The van der Waals surface area contributed by atoms with Gasteiger partial charge in [-0.05, 0) is 24.3 Å². The van der Waals surface area contributed by atoms with Crippen LogP contribution in [-0.2, 0) is 14.6 Å². The summed E-state index contributed by atoms with van der Waals surface area (Å²) >= 11 is 1.46. The molecule has 0 saturated carbocycles. The second-order valence-electron chi connectivity index (χ2n) is 5.79. The van der Waals surface area contributed by atoms with E-state index in [-0.39, 0.29) is 22.7 Å². The van der Waals surface area contributed by atoms with Gasteiger partial charge >= 0.3 is 0 Å². The van der Waals surface area contributed by atoms with Gasteiger partial charge in [-0.15, -0.1) is 11.8 Å². The van der Waals surface area contributed by atoms with Gasteiger partial charge in [0, 0.05) is 11.8 Å². The molecular formula is C16H23NO3S2. The molecule has 2 rings (SSSR count). The van der Waals surface area contributed by atoms with Gasteiger partial charge in [-0.3, -0.25) is 4.79 Å². The first-order valence-corrected chi connectivity index (χ1v) is 10.5. The van der Waals surface area contributed by atoms with Crippen LogP contribution in [0.2, 0.25) is 0 Å². The highest BCUT2D eigenvalue weighted by atomic mass is 32.2. The van der Waals surface area contributed by atoms with E-state index in [9.17, 15) is 13.2 Å². The molecule has 1 saturated heterocycles. The fourth-order valence-electron chi connectivity index (χ4n) is 2.51. The Bertz CT molecular complexity index is 587. The third-order valence-electron chi connectivity index (χ3n) is 3.91. The van der Waals surface area contributed by atoms with E-state index in [2.05, 4.69) is 24.4 Å². The number of rotatable bonds is 7. The molecule has 2 atom stereocenters. The van der Waals surface area contributed by atoms with Crippen molar-refractivity contribution in [1.29, 1.82) is 0 Å². The Morgan fingerprint density at radius 2 is 2.09 bits per heavy atom. The standard InChI is InChI=1S/C16H23NO3S2/c1-13(14-5-3-2-4-6-14)7-9-17-16(18)11-21-15-8-10-22(19,20)12-15/h2-6,13,15H,7-12H2,1H3,(H,17,18)/t13-,15+/m0/s1. The van der Waals surface area contributed by atoms with Crippen LogP contribution in [0.3, 0.4) is 0 Å². The molecule has 0 unspecified atom stereocenters. The first-order chi connectivity index (χ1) is 10.5. The number of carbonyl (C=O) groups is 1. The zero-order valence-corrected chi connectivity index (χ0v) is 14.5. The molecule has 1 fully saturated rings. The minimum Gasteiger partial charge on any atom is -0.355 e. The molecular weight excluding hydrogens is 318 g/mol. The van der Waals surface area contributed by atoms with Crippen LogP contribution < -0.4 is 5.32 Å². The lowest BCUT2D eigenvalue weighted by Gasteiger charge is -2.13. The van der Waals surface area contributed by atoms with Crippen molar-refractivity contribution in [2.24, 2.45) is 0 Å². The molecule has 1 heterocycles. The first-order valence-electron chi connectivity index (χ1n) is 7.60. The lowest BCUT2D eigenvalue weighted by molar-refractivity contribution is -0.118. The first kappa shape index (κ1) is 17.3. The van der Waals surface area contributed by atoms with Crippen molar-refractivity contribution in [3.8, 4) is 0 Å². The second-order valence-corrected chi connectivity index (χ2v) is 9.30. The van der Waals surface area contributed by atoms with Crippen molar-refractivity contribution in [2.45, 2.75) is 30.9 Å². The van der Waals surface area contributed by atoms with E-state index in [1.165, 1.54) is 17.3 Å². The van der Waals surface area contributed by atoms with E-state index in [4.69, 9.17) is 0 Å². The van der Waals surface area contributed by atoms with E-state index in [0.717, 1.165) is 6.42 Å². The Morgan fingerprint density at radius 3 is 2.73 bits per heavy atom. The van der Waals surface area contributed by atoms with Crippen LogP contribution in [0.15, 0.2) is 30.3 Å². The predicted molar refractivity (Wildman–Crippen MR) is 92.0 cm³/mol. The molecule has 22 heavy (non-hydrogen) atoms. The monoisotopic (exact) mass is 341 g/mol. The minimum atomic E-state index is -2.85. The molecule has 6 heteroatoms. The molecule has 1 N–H and O–H groups in total. The minimum absolute atomic E-state index is 0.00504. The number of amides is 1. The predicted octanol–water partition coefficient (Wildman–Crippen LogP) is 2.22. The summed E-state index contributed by atoms with van der Waals surface area (Å²) in [6, 6.07) is 10.2. The number of hydrogen-bond acceptors (Lipinski definition) is 4. The number of benzene rings is 1. The summed E-state index contributed by atoms with van der Waals surface area (Å²) in [5.41, 5.74) is 1.28. The van der Waals surface area contributed by atoms with Crippen molar-refractivity contribution < 1.29 is 13.2 Å². The number of thioether (sulfide) groups is 1. The Balaban J connectivity index is 1.62. The molecule has 0 spiro atoms. The van der Waals surface area contributed by atoms with E-state index < -0.39 is 9.84 Å². The van der Waals surface area contributed by atoms with Gasteiger partial charge in [0.05, 0.1) is 17.3 Å². The van der Waals surface area contributed by atoms with Crippen LogP contribution in [0.5, 0.6) is 0 Å². The van der Waals surface area contributed by atoms with E-state index in [1.807, 2.05) is 18.2 Å². The highest BCUT2D eigenvalue weighted by Gasteiger charge is 2.28. The summed E-state index contributed by atoms with van der Waals surface area (Å²) in [4.78, 5) is 11.8. The van der Waals surface area contributed by atoms with Crippen molar-refractivity contribution in [2.75, 3.05) is 23.8 Å². The highest BCUT2D eigenvalue weighted by molar-refractivity contribution is 8.02. The van der Waals surface area contributed by atoms with Gasteiger partial charge < -0.3 is 5.32 Å². The lowest BCUT2D eigenvalue weighted by Crippen LogP contribution is -2.27. The normalized spacial score (nSPS) is 21.4. The largest absolute Gasteiger partial charge is 0.355 e. The van der Waals surface area contributed by atoms with E-state index in [1.54, 1.807) is 0 Å². The summed E-state index contributed by atoms with van der Waals surface area (Å²) in [5, 5.41) is 3.00. The van der Waals surface area contributed by atoms with Gasteiger partial charge in [-0.25, -0.2) is 8.42 Å². The number of nitrogens with one attached hydrogen (secondary N) is 1. The molecule has 1 aromatic rings. The van der Waals surface area contributed by atoms with E-state index >= 15 is 0 Å². The molecule has 1 aliphatic rings. The lowest BCUT2D eigenvalue weighted by atomic mass is 9.98. The van der Waals surface area contributed by atoms with Gasteiger partial charge in [-0.1, -0.05) is 37.3 Å². The summed E-state index contributed by atoms with van der Waals surface area (Å²) in [6.45, 7) is 2.80. The zero-order valence-electron chi connectivity index (χ0n) is 12.8. The molecule has 0 radical (unpaired) electrons. The smallest absolute Gasteiger partial charge is 0.230 e. The van der Waals surface area contributed by atoms with Crippen LogP contribution in [0.4, 0.5) is 0 Å². The number of hydrogen-bond donors (Lipinski definition) is 1. The van der Waals surface area contributed by atoms with Crippen molar-refractivity contribution >= 4 is 27.5 Å². The van der Waals surface area contributed by atoms with Crippen molar-refractivity contribution in [3.63, 3.8) is 0 Å². The molecule has 0 bridgehead atoms. The molecule has 4 nitrogen and oxygen atoms in total. The van der Waals surface area contributed by atoms with Gasteiger partial charge in [0.2, 0.25) is 5.91 Å². The average molecular weight is 341 g/mol. The molecule has 1 aromatic carbocycles. The van der Waals surface area contributed by atoms with Crippen molar-refractivity contribution in [3.05, 3.63) is 35.9 Å². The van der Waals surface area contributed by atoms with Gasteiger partial charge in [0.25, 0.3) is 0 Å². The molecule has 1 amide bonds. The Hall–Kier alpha value is -1.01. The van der Waals surface area contributed by atoms with Crippen LogP contribution >= 0.6 is 11.8 Å². The fourth-order valence-corrected chi connectivity index (χ4v) is 5.99. The third-order valence-corrected chi connectivity index (χ3v) is 7.19. The van der Waals surface area contributed by atoms with Crippen LogP contribution in [0, 0.1) is 0 Å². The maximum absolute atomic E-state index is 11.8. The topological polar surface area (TPSA) is 63.2 Å². The van der Waals surface area contributed by atoms with Crippen LogP contribution in [0.1, 0.15) is 31.2 Å². The maximum atomic E-state index is 11.8. The van der Waals surface area contributed by atoms with Crippen LogP contribution in [-0.4, -0.2) is 43.4 Å². The van der Waals surface area contributed by atoms with Gasteiger partial charge in [0.15, 0.2) is 9.84 Å². The summed E-state index contributed by atoms with van der Waals surface area (Å²) in [5.74, 6) is 1.24. The number of sulfone groups is 1. The maximum Gasteiger partial charge on any atom is 0.230 e. The Kier molecular flexibility index (Phi) is 6.32. The number of carbonyl (C=O) groups excluding carboxylic acids is 1. The highest BCUT2D eigenvalue weighted by Crippen LogP contribution is 2.24. The second kappa shape index (κ2) is 8.02. The molecule has 1 aliphatic heterocycles. The van der Waals surface area contributed by atoms with Crippen LogP contribution in [0.25, 0.3) is 0 Å². The Morgan fingerprint density at radius 1 is 1.36 bits per heavy atom. The molecule has 0 aromatic heterocycles. The SMILES string of the molecule is C[C@@H](CCNC(=O)CS[C@@H]1CCS(=O)(=O)C1)c1ccccc1. The third kappa shape index (κ3) is 5.65. The molecule has 0 aliphatic carbocycles. The average Bonchev–Trinajstić information content (AvgIpc) is 2.85. The van der Waals surface area contributed by atoms with E-state index in [0.29, 0.717) is 24.6 Å². The zero-order chi connectivity index (χ0) is 16.0. The molecule has 122 valence electrons. The fraction of sp³-hybridized carbons (Fsp3) is 0.562. The van der Waals surface area contributed by atoms with Gasteiger partial charge in [0.1, 0.15) is 0 Å². The summed E-state index contributed by atoms with van der Waals surface area (Å²) < 4.78 is 22.7. The summed E-state index contributed by atoms with van der Waals surface area (Å²) in [6.07, 6.45) is 1.57. The van der Waals surface area contributed by atoms with Gasteiger partial charge in [-0.2, -0.15) is 0 Å². The van der Waals surface area contributed by atoms with Crippen molar-refractivity contribution in [1.82, 2.24) is 5.32 Å². The Labute approximate surface area is 137 Å².